The number of carbonyl (C=O) groups excluding carboxylic acids is 2. The molecule has 2 aromatic rings. The molecule has 0 radical (unpaired) electrons. The number of hydrogen-bond donors (Lipinski definition) is 1. The third-order valence-corrected chi connectivity index (χ3v) is 4.99. The van der Waals surface area contributed by atoms with E-state index >= 15 is 0 Å². The van der Waals surface area contributed by atoms with Gasteiger partial charge < -0.3 is 10.2 Å². The number of rotatable bonds is 3. The van der Waals surface area contributed by atoms with Gasteiger partial charge in [0, 0.05) is 22.2 Å². The fraction of sp³-hybridized carbons (Fsp3) is 0.235. The van der Waals surface area contributed by atoms with Crippen molar-refractivity contribution >= 4 is 56.8 Å². The summed E-state index contributed by atoms with van der Waals surface area (Å²) < 4.78 is 0.818. The van der Waals surface area contributed by atoms with Gasteiger partial charge in [0.2, 0.25) is 5.91 Å². The zero-order valence-electron chi connectivity index (χ0n) is 13.0. The lowest BCUT2D eigenvalue weighted by Gasteiger charge is -2.24. The highest BCUT2D eigenvalue weighted by Gasteiger charge is 2.35. The summed E-state index contributed by atoms with van der Waals surface area (Å²) in [6.45, 7) is 0.494. The lowest BCUT2D eigenvalue weighted by molar-refractivity contribution is -0.119. The molecule has 1 aliphatic heterocycles. The predicted octanol–water partition coefficient (Wildman–Crippen LogP) is 4.39. The fourth-order valence-electron chi connectivity index (χ4n) is 2.76. The highest BCUT2D eigenvalue weighted by atomic mass is 79.9. The summed E-state index contributed by atoms with van der Waals surface area (Å²) in [4.78, 5) is 31.1. The molecule has 1 fully saturated rings. The predicted molar refractivity (Wildman–Crippen MR) is 101 cm³/mol. The summed E-state index contributed by atoms with van der Waals surface area (Å²) in [6.07, 6.45) is 2.93. The van der Waals surface area contributed by atoms with Crippen molar-refractivity contribution in [2.75, 3.05) is 11.9 Å². The number of likely N-dealkylation sites (tertiary alicyclic amines) is 1. The number of aromatic nitrogens is 1. The third-order valence-electron chi connectivity index (χ3n) is 3.95. The van der Waals surface area contributed by atoms with Crippen LogP contribution in [0.15, 0.2) is 41.0 Å². The molecule has 0 aliphatic carbocycles. The smallest absolute Gasteiger partial charge is 0.256 e. The Hall–Kier alpha value is -1.63. The van der Waals surface area contributed by atoms with Crippen LogP contribution in [0.4, 0.5) is 5.82 Å². The van der Waals surface area contributed by atoms with Crippen LogP contribution < -0.4 is 5.32 Å². The van der Waals surface area contributed by atoms with Gasteiger partial charge in [0.25, 0.3) is 5.91 Å². The van der Waals surface area contributed by atoms with Gasteiger partial charge in [-0.3, -0.25) is 9.59 Å². The van der Waals surface area contributed by atoms with Crippen molar-refractivity contribution in [3.05, 3.63) is 56.6 Å². The molecule has 0 spiro atoms. The molecule has 1 aromatic heterocycles. The molecular formula is C17H14BrCl2N3O2. The van der Waals surface area contributed by atoms with Crippen LogP contribution in [0.25, 0.3) is 0 Å². The van der Waals surface area contributed by atoms with E-state index in [0.717, 1.165) is 10.9 Å². The molecule has 1 aromatic carbocycles. The van der Waals surface area contributed by atoms with Crippen molar-refractivity contribution in [2.45, 2.75) is 18.9 Å². The molecule has 5 nitrogen and oxygen atoms in total. The van der Waals surface area contributed by atoms with Crippen LogP contribution in [0.5, 0.6) is 0 Å². The first kappa shape index (κ1) is 18.2. The lowest BCUT2D eigenvalue weighted by atomic mass is 10.1. The SMILES string of the molecule is O=C(Nc1ccc(Br)cn1)C1CCCN1C(=O)c1cc(Cl)ccc1Cl. The standard InChI is InChI=1S/C17H14BrCl2N3O2/c18-10-3-6-15(21-9-10)22-16(24)14-2-1-7-23(14)17(25)12-8-11(19)4-5-13(12)20/h3-6,8-9,14H,1-2,7H2,(H,21,22,24). The molecular weight excluding hydrogens is 429 g/mol. The maximum atomic E-state index is 12.8. The van der Waals surface area contributed by atoms with E-state index in [2.05, 4.69) is 26.2 Å². The normalized spacial score (nSPS) is 16.8. The number of hydrogen-bond acceptors (Lipinski definition) is 3. The quantitative estimate of drug-likeness (QED) is 0.766. The van der Waals surface area contributed by atoms with Crippen molar-refractivity contribution in [3.8, 4) is 0 Å². The first-order valence-electron chi connectivity index (χ1n) is 7.64. The Morgan fingerprint density at radius 3 is 2.76 bits per heavy atom. The molecule has 25 heavy (non-hydrogen) atoms. The summed E-state index contributed by atoms with van der Waals surface area (Å²) in [5.74, 6) is -0.124. The maximum absolute atomic E-state index is 12.8. The number of anilines is 1. The van der Waals surface area contributed by atoms with Gasteiger partial charge in [-0.25, -0.2) is 4.98 Å². The van der Waals surface area contributed by atoms with E-state index in [0.29, 0.717) is 34.4 Å². The van der Waals surface area contributed by atoms with Gasteiger partial charge >= 0.3 is 0 Å². The monoisotopic (exact) mass is 441 g/mol. The topological polar surface area (TPSA) is 62.3 Å². The molecule has 8 heteroatoms. The molecule has 130 valence electrons. The van der Waals surface area contributed by atoms with E-state index < -0.39 is 6.04 Å². The van der Waals surface area contributed by atoms with Gasteiger partial charge in [0.1, 0.15) is 11.9 Å². The molecule has 2 amide bonds. The van der Waals surface area contributed by atoms with Crippen molar-refractivity contribution in [1.29, 1.82) is 0 Å². The maximum Gasteiger partial charge on any atom is 0.256 e. The zero-order chi connectivity index (χ0) is 18.0. The van der Waals surface area contributed by atoms with E-state index in [9.17, 15) is 9.59 Å². The first-order chi connectivity index (χ1) is 12.0. The van der Waals surface area contributed by atoms with Gasteiger partial charge in [-0.15, -0.1) is 0 Å². The number of nitrogens with one attached hydrogen (secondary N) is 1. The molecule has 1 aliphatic rings. The number of pyridine rings is 1. The summed E-state index contributed by atoms with van der Waals surface area (Å²) in [6, 6.07) is 7.63. The molecule has 0 bridgehead atoms. The second-order valence-electron chi connectivity index (χ2n) is 5.63. The average molecular weight is 443 g/mol. The Morgan fingerprint density at radius 2 is 2.04 bits per heavy atom. The van der Waals surface area contributed by atoms with Crippen LogP contribution in [0.2, 0.25) is 10.0 Å². The summed E-state index contributed by atoms with van der Waals surface area (Å²) >= 11 is 15.4. The molecule has 0 saturated carbocycles. The largest absolute Gasteiger partial charge is 0.327 e. The summed E-state index contributed by atoms with van der Waals surface area (Å²) in [5.41, 5.74) is 0.302. The van der Waals surface area contributed by atoms with Crippen LogP contribution in [0.3, 0.4) is 0 Å². The molecule has 1 N–H and O–H groups in total. The first-order valence-corrected chi connectivity index (χ1v) is 9.19. The second-order valence-corrected chi connectivity index (χ2v) is 7.39. The van der Waals surface area contributed by atoms with E-state index in [1.807, 2.05) is 0 Å². The van der Waals surface area contributed by atoms with Crippen LogP contribution in [0, 0.1) is 0 Å². The lowest BCUT2D eigenvalue weighted by Crippen LogP contribution is -2.43. The Morgan fingerprint density at radius 1 is 1.24 bits per heavy atom. The highest BCUT2D eigenvalue weighted by molar-refractivity contribution is 9.10. The van der Waals surface area contributed by atoms with E-state index in [1.165, 1.54) is 11.0 Å². The van der Waals surface area contributed by atoms with Crippen molar-refractivity contribution in [2.24, 2.45) is 0 Å². The number of benzene rings is 1. The van der Waals surface area contributed by atoms with Gasteiger partial charge in [-0.2, -0.15) is 0 Å². The second kappa shape index (κ2) is 7.72. The molecule has 3 rings (SSSR count). The molecule has 1 atom stereocenters. The minimum absolute atomic E-state index is 0.265. The zero-order valence-corrected chi connectivity index (χ0v) is 16.1. The summed E-state index contributed by atoms with van der Waals surface area (Å²) in [5, 5.41) is 3.49. The minimum Gasteiger partial charge on any atom is -0.327 e. The highest BCUT2D eigenvalue weighted by Crippen LogP contribution is 2.26. The van der Waals surface area contributed by atoms with Gasteiger partial charge in [-0.1, -0.05) is 23.2 Å². The van der Waals surface area contributed by atoms with Crippen LogP contribution in [0.1, 0.15) is 23.2 Å². The molecule has 1 unspecified atom stereocenters. The van der Waals surface area contributed by atoms with Crippen LogP contribution in [-0.2, 0) is 4.79 Å². The van der Waals surface area contributed by atoms with Gasteiger partial charge in [0.15, 0.2) is 0 Å². The average Bonchev–Trinajstić information content (AvgIpc) is 3.08. The summed E-state index contributed by atoms with van der Waals surface area (Å²) in [7, 11) is 0. The number of carbonyl (C=O) groups is 2. The number of amides is 2. The van der Waals surface area contributed by atoms with E-state index in [1.54, 1.807) is 30.5 Å². The number of nitrogens with zero attached hydrogens (tertiary/aromatic N) is 2. The van der Waals surface area contributed by atoms with Crippen molar-refractivity contribution in [1.82, 2.24) is 9.88 Å². The Balaban J connectivity index is 1.77. The van der Waals surface area contributed by atoms with Crippen LogP contribution >= 0.6 is 39.1 Å². The van der Waals surface area contributed by atoms with E-state index in [-0.39, 0.29) is 11.8 Å². The third kappa shape index (κ3) is 4.14. The molecule has 1 saturated heterocycles. The Kier molecular flexibility index (Phi) is 5.61. The van der Waals surface area contributed by atoms with Gasteiger partial charge in [-0.05, 0) is 59.1 Å². The van der Waals surface area contributed by atoms with Crippen molar-refractivity contribution in [3.63, 3.8) is 0 Å². The van der Waals surface area contributed by atoms with Crippen molar-refractivity contribution < 1.29 is 9.59 Å². The Labute approximate surface area is 163 Å². The minimum atomic E-state index is -0.562. The van der Waals surface area contributed by atoms with Crippen LogP contribution in [-0.4, -0.2) is 34.3 Å². The number of halogens is 3. The Bertz CT molecular complexity index is 814. The van der Waals surface area contributed by atoms with Gasteiger partial charge in [0.05, 0.1) is 10.6 Å². The fourth-order valence-corrected chi connectivity index (χ4v) is 3.36. The van der Waals surface area contributed by atoms with E-state index in [4.69, 9.17) is 23.2 Å². The molecule has 2 heterocycles.